The van der Waals surface area contributed by atoms with Gasteiger partial charge in [-0.25, -0.2) is 4.98 Å². The summed E-state index contributed by atoms with van der Waals surface area (Å²) in [6.07, 6.45) is 7.28. The Kier molecular flexibility index (Phi) is 4.04. The number of anilines is 1. The normalized spacial score (nSPS) is 19.1. The average molecular weight is 314 g/mol. The molecule has 0 bridgehead atoms. The molecule has 1 aliphatic heterocycles. The van der Waals surface area contributed by atoms with E-state index in [4.69, 9.17) is 4.98 Å². The van der Waals surface area contributed by atoms with E-state index in [1.165, 1.54) is 0 Å². The minimum absolute atomic E-state index is 0.0642. The first-order chi connectivity index (χ1) is 10.9. The molecular formula is C18H26N4O. The Balaban J connectivity index is 2.02. The largest absolute Gasteiger partial charge is 0.371 e. The van der Waals surface area contributed by atoms with Gasteiger partial charge in [-0.3, -0.25) is 4.79 Å². The molecule has 1 saturated heterocycles. The predicted octanol–water partition coefficient (Wildman–Crippen LogP) is 3.48. The average Bonchev–Trinajstić information content (AvgIpc) is 3.00. The molecule has 124 valence electrons. The Bertz CT molecular complexity index is 713. The van der Waals surface area contributed by atoms with Crippen molar-refractivity contribution in [2.24, 2.45) is 5.41 Å². The summed E-state index contributed by atoms with van der Waals surface area (Å²) in [6, 6.07) is 4.12. The number of piperidine rings is 1. The Hall–Kier alpha value is -2.04. The molecule has 1 fully saturated rings. The van der Waals surface area contributed by atoms with E-state index in [1.807, 2.05) is 51.0 Å². The minimum Gasteiger partial charge on any atom is -0.371 e. The molecule has 0 spiro atoms. The lowest BCUT2D eigenvalue weighted by Gasteiger charge is -2.39. The van der Waals surface area contributed by atoms with E-state index in [9.17, 15) is 4.79 Å². The third-order valence-corrected chi connectivity index (χ3v) is 4.52. The third-order valence-electron chi connectivity index (χ3n) is 4.52. The van der Waals surface area contributed by atoms with Gasteiger partial charge in [-0.05, 0) is 31.4 Å². The number of amides is 1. The fourth-order valence-electron chi connectivity index (χ4n) is 3.32. The molecule has 3 rings (SSSR count). The van der Waals surface area contributed by atoms with Crippen LogP contribution in [0.25, 0.3) is 5.52 Å². The molecule has 1 amide bonds. The monoisotopic (exact) mass is 314 g/mol. The van der Waals surface area contributed by atoms with Gasteiger partial charge in [-0.15, -0.1) is 0 Å². The molecule has 0 aliphatic carbocycles. The number of nitrogens with one attached hydrogen (secondary N) is 1. The molecule has 1 N–H and O–H groups in total. The quantitative estimate of drug-likeness (QED) is 0.923. The first kappa shape index (κ1) is 15.8. The van der Waals surface area contributed by atoms with Crippen LogP contribution in [0.4, 0.5) is 5.82 Å². The Morgan fingerprint density at radius 3 is 2.83 bits per heavy atom. The maximum atomic E-state index is 12.8. The second-order valence-electron chi connectivity index (χ2n) is 7.33. The molecule has 0 saturated carbocycles. The maximum absolute atomic E-state index is 12.8. The van der Waals surface area contributed by atoms with Gasteiger partial charge in [-0.1, -0.05) is 20.8 Å². The number of rotatable bonds is 2. The van der Waals surface area contributed by atoms with Gasteiger partial charge in [0.15, 0.2) is 0 Å². The maximum Gasteiger partial charge on any atom is 0.228 e. The second-order valence-corrected chi connectivity index (χ2v) is 7.33. The van der Waals surface area contributed by atoms with Crippen LogP contribution in [0.5, 0.6) is 0 Å². The SMILES string of the molecule is CNc1nc(C2CCCCN2C(=O)C(C)(C)C)cn2cccc12. The molecule has 0 radical (unpaired) electrons. The molecule has 0 aromatic carbocycles. The summed E-state index contributed by atoms with van der Waals surface area (Å²) in [4.78, 5) is 19.7. The molecule has 2 aromatic rings. The molecular weight excluding hydrogens is 288 g/mol. The van der Waals surface area contributed by atoms with Crippen LogP contribution in [0, 0.1) is 5.41 Å². The summed E-state index contributed by atoms with van der Waals surface area (Å²) in [6.45, 7) is 6.79. The zero-order valence-corrected chi connectivity index (χ0v) is 14.5. The fraction of sp³-hybridized carbons (Fsp3) is 0.556. The number of fused-ring (bicyclic) bond motifs is 1. The van der Waals surface area contributed by atoms with Crippen molar-refractivity contribution < 1.29 is 4.79 Å². The smallest absolute Gasteiger partial charge is 0.228 e. The van der Waals surface area contributed by atoms with Gasteiger partial charge in [0.25, 0.3) is 0 Å². The lowest BCUT2D eigenvalue weighted by Crippen LogP contribution is -2.44. The van der Waals surface area contributed by atoms with Gasteiger partial charge < -0.3 is 14.6 Å². The highest BCUT2D eigenvalue weighted by molar-refractivity contribution is 5.82. The van der Waals surface area contributed by atoms with E-state index in [0.29, 0.717) is 0 Å². The zero-order valence-electron chi connectivity index (χ0n) is 14.5. The Morgan fingerprint density at radius 2 is 2.13 bits per heavy atom. The highest BCUT2D eigenvalue weighted by atomic mass is 16.2. The summed E-state index contributed by atoms with van der Waals surface area (Å²) in [7, 11) is 1.89. The van der Waals surface area contributed by atoms with Gasteiger partial charge in [0, 0.05) is 31.4 Å². The van der Waals surface area contributed by atoms with E-state index >= 15 is 0 Å². The number of hydrogen-bond acceptors (Lipinski definition) is 3. The molecule has 1 unspecified atom stereocenters. The van der Waals surface area contributed by atoms with Crippen LogP contribution in [0.1, 0.15) is 51.8 Å². The number of carbonyl (C=O) groups excluding carboxylic acids is 1. The van der Waals surface area contributed by atoms with Crippen molar-refractivity contribution >= 4 is 17.2 Å². The molecule has 1 atom stereocenters. The Labute approximate surface area is 137 Å². The zero-order chi connectivity index (χ0) is 16.6. The van der Waals surface area contributed by atoms with Crippen LogP contribution in [-0.2, 0) is 4.79 Å². The summed E-state index contributed by atoms with van der Waals surface area (Å²) in [5.41, 5.74) is 1.66. The number of likely N-dealkylation sites (tertiary alicyclic amines) is 1. The van der Waals surface area contributed by atoms with E-state index in [0.717, 1.165) is 42.8 Å². The summed E-state index contributed by atoms with van der Waals surface area (Å²) >= 11 is 0. The van der Waals surface area contributed by atoms with Gasteiger partial charge in [0.2, 0.25) is 5.91 Å². The lowest BCUT2D eigenvalue weighted by molar-refractivity contribution is -0.143. The third kappa shape index (κ3) is 2.92. The highest BCUT2D eigenvalue weighted by Crippen LogP contribution is 2.34. The standard InChI is InChI=1S/C18H26N4O/c1-18(2,3)17(23)22-11-6-5-8-14(22)13-12-21-10-7-9-15(21)16(19-4)20-13/h7,9-10,12,14H,5-6,8,11H2,1-4H3,(H,19,20). The summed E-state index contributed by atoms with van der Waals surface area (Å²) < 4.78 is 2.09. The van der Waals surface area contributed by atoms with Crippen LogP contribution in [0.15, 0.2) is 24.5 Å². The molecule has 1 aliphatic rings. The van der Waals surface area contributed by atoms with E-state index in [2.05, 4.69) is 15.9 Å². The van der Waals surface area contributed by atoms with Crippen LogP contribution < -0.4 is 5.32 Å². The van der Waals surface area contributed by atoms with E-state index in [1.54, 1.807) is 0 Å². The number of hydrogen-bond donors (Lipinski definition) is 1. The molecule has 2 aromatic heterocycles. The van der Waals surface area contributed by atoms with E-state index in [-0.39, 0.29) is 17.4 Å². The number of carbonyl (C=O) groups is 1. The molecule has 23 heavy (non-hydrogen) atoms. The topological polar surface area (TPSA) is 49.6 Å². The number of nitrogens with zero attached hydrogens (tertiary/aromatic N) is 3. The number of aromatic nitrogens is 2. The van der Waals surface area contributed by atoms with Gasteiger partial charge >= 0.3 is 0 Å². The van der Waals surface area contributed by atoms with E-state index < -0.39 is 0 Å². The van der Waals surface area contributed by atoms with Crippen molar-refractivity contribution in [1.82, 2.24) is 14.3 Å². The minimum atomic E-state index is -0.362. The van der Waals surface area contributed by atoms with Crippen molar-refractivity contribution in [3.05, 3.63) is 30.2 Å². The van der Waals surface area contributed by atoms with Crippen LogP contribution in [0.2, 0.25) is 0 Å². The summed E-state index contributed by atoms with van der Waals surface area (Å²) in [5.74, 6) is 1.07. The second kappa shape index (κ2) is 5.87. The van der Waals surface area contributed by atoms with Crippen molar-refractivity contribution in [3.63, 3.8) is 0 Å². The first-order valence-corrected chi connectivity index (χ1v) is 8.38. The van der Waals surface area contributed by atoms with Gasteiger partial charge in [0.1, 0.15) is 5.82 Å². The van der Waals surface area contributed by atoms with Crippen LogP contribution >= 0.6 is 0 Å². The first-order valence-electron chi connectivity index (χ1n) is 8.38. The van der Waals surface area contributed by atoms with Gasteiger partial charge in [0.05, 0.1) is 17.3 Å². The van der Waals surface area contributed by atoms with Crippen molar-refractivity contribution in [2.45, 2.75) is 46.1 Å². The highest BCUT2D eigenvalue weighted by Gasteiger charge is 2.35. The molecule has 3 heterocycles. The van der Waals surface area contributed by atoms with Crippen molar-refractivity contribution in [1.29, 1.82) is 0 Å². The van der Waals surface area contributed by atoms with Gasteiger partial charge in [-0.2, -0.15) is 0 Å². The Morgan fingerprint density at radius 1 is 1.35 bits per heavy atom. The molecule has 5 heteroatoms. The summed E-state index contributed by atoms with van der Waals surface area (Å²) in [5, 5.41) is 3.17. The molecule has 5 nitrogen and oxygen atoms in total. The predicted molar refractivity (Wildman–Crippen MR) is 92.5 cm³/mol. The van der Waals surface area contributed by atoms with Crippen LogP contribution in [0.3, 0.4) is 0 Å². The van der Waals surface area contributed by atoms with Crippen molar-refractivity contribution in [2.75, 3.05) is 18.9 Å². The lowest BCUT2D eigenvalue weighted by atomic mass is 9.90. The van der Waals surface area contributed by atoms with Crippen molar-refractivity contribution in [3.8, 4) is 0 Å². The fourth-order valence-corrected chi connectivity index (χ4v) is 3.32. The van der Waals surface area contributed by atoms with Crippen LogP contribution in [-0.4, -0.2) is 33.8 Å².